The second kappa shape index (κ2) is 10.0. The summed E-state index contributed by atoms with van der Waals surface area (Å²) < 4.78 is 6.67. The highest BCUT2D eigenvalue weighted by Gasteiger charge is 2.53. The van der Waals surface area contributed by atoms with E-state index < -0.39 is 5.41 Å². The zero-order valence-electron chi connectivity index (χ0n) is 28.0. The molecule has 0 spiro atoms. The van der Waals surface area contributed by atoms with Crippen LogP contribution in [-0.2, 0) is 5.41 Å². The lowest BCUT2D eigenvalue weighted by molar-refractivity contribution is 0.478. The molecule has 4 aliphatic rings. The number of ether oxygens (including phenoxy) is 1. The van der Waals surface area contributed by atoms with Crippen molar-refractivity contribution in [3.8, 4) is 22.6 Å². The van der Waals surface area contributed by atoms with Crippen molar-refractivity contribution in [1.29, 1.82) is 0 Å². The fraction of sp³-hybridized carbons (Fsp3) is 0.0870. The van der Waals surface area contributed by atoms with Crippen LogP contribution in [0.1, 0.15) is 47.6 Å². The van der Waals surface area contributed by atoms with Crippen LogP contribution in [0.2, 0.25) is 0 Å². The number of hydrogen-bond acceptors (Lipinski definition) is 3. The first-order valence-electron chi connectivity index (χ1n) is 17.7. The maximum Gasteiger partial charge on any atom is 0.333 e. The molecule has 0 atom stereocenters. The van der Waals surface area contributed by atoms with Crippen LogP contribution in [0.15, 0.2) is 158 Å². The standard InChI is InChI=1S/C46H33BN2O/c1-29(2)30-27-34-33-19-13-26-42-44(33)49(39-24-11-12-25-41(39)50-42)47-37-22-14-21-36-45(37)48(40(28-30)43(34)47)38-23-10-9-20-35(38)46(36,31-15-5-3-6-16-31)32-17-7-4-8-18-32/h3-29H,1-2H3. The third kappa shape index (κ3) is 3.41. The van der Waals surface area contributed by atoms with Gasteiger partial charge in [-0.05, 0) is 80.6 Å². The molecule has 4 heterocycles. The van der Waals surface area contributed by atoms with Crippen LogP contribution in [-0.4, -0.2) is 6.85 Å². The molecule has 7 aromatic carbocycles. The number of anilines is 5. The van der Waals surface area contributed by atoms with Crippen LogP contribution in [0.4, 0.5) is 28.4 Å². The first kappa shape index (κ1) is 27.9. The van der Waals surface area contributed by atoms with Crippen LogP contribution in [0, 0.1) is 0 Å². The fourth-order valence-corrected chi connectivity index (χ4v) is 9.43. The van der Waals surface area contributed by atoms with E-state index in [1.807, 2.05) is 0 Å². The normalized spacial score (nSPS) is 15.0. The molecular formula is C46H33BN2O. The Morgan fingerprint density at radius 3 is 1.94 bits per heavy atom. The maximum atomic E-state index is 6.67. The second-order valence-electron chi connectivity index (χ2n) is 14.2. The van der Waals surface area contributed by atoms with E-state index in [4.69, 9.17) is 4.74 Å². The van der Waals surface area contributed by atoms with E-state index in [0.29, 0.717) is 5.92 Å². The topological polar surface area (TPSA) is 15.7 Å². The smallest absolute Gasteiger partial charge is 0.333 e. The van der Waals surface area contributed by atoms with Crippen molar-refractivity contribution >= 4 is 46.2 Å². The summed E-state index contributed by atoms with van der Waals surface area (Å²) in [6.45, 7) is 4.56. The van der Waals surface area contributed by atoms with Gasteiger partial charge in [0, 0.05) is 16.9 Å². The quantitative estimate of drug-likeness (QED) is 0.179. The molecule has 11 rings (SSSR count). The Balaban J connectivity index is 1.33. The highest BCUT2D eigenvalue weighted by atomic mass is 16.5. The van der Waals surface area contributed by atoms with Crippen LogP contribution in [0.5, 0.6) is 11.5 Å². The Kier molecular flexibility index (Phi) is 5.59. The summed E-state index contributed by atoms with van der Waals surface area (Å²) in [5.41, 5.74) is 17.1. The number of rotatable bonds is 3. The van der Waals surface area contributed by atoms with Gasteiger partial charge >= 0.3 is 6.85 Å². The summed E-state index contributed by atoms with van der Waals surface area (Å²) in [5.74, 6) is 2.15. The zero-order valence-corrected chi connectivity index (χ0v) is 28.0. The molecule has 0 N–H and O–H groups in total. The highest BCUT2D eigenvalue weighted by molar-refractivity contribution is 6.94. The third-order valence-electron chi connectivity index (χ3n) is 11.4. The second-order valence-corrected chi connectivity index (χ2v) is 14.2. The van der Waals surface area contributed by atoms with Crippen LogP contribution >= 0.6 is 0 Å². The van der Waals surface area contributed by atoms with Gasteiger partial charge < -0.3 is 14.4 Å². The molecular weight excluding hydrogens is 607 g/mol. The first-order chi connectivity index (χ1) is 24.7. The van der Waals surface area contributed by atoms with Gasteiger partial charge in [0.2, 0.25) is 0 Å². The summed E-state index contributed by atoms with van der Waals surface area (Å²) in [6.07, 6.45) is 0. The molecule has 4 heteroatoms. The Morgan fingerprint density at radius 2 is 1.18 bits per heavy atom. The van der Waals surface area contributed by atoms with E-state index in [-0.39, 0.29) is 6.85 Å². The molecule has 0 radical (unpaired) electrons. The van der Waals surface area contributed by atoms with Crippen molar-refractivity contribution < 1.29 is 4.74 Å². The minimum absolute atomic E-state index is 0.0550. The lowest BCUT2D eigenvalue weighted by atomic mass is 9.42. The van der Waals surface area contributed by atoms with E-state index in [9.17, 15) is 0 Å². The molecule has 236 valence electrons. The van der Waals surface area contributed by atoms with Gasteiger partial charge in [0.15, 0.2) is 5.75 Å². The molecule has 50 heavy (non-hydrogen) atoms. The number of para-hydroxylation sites is 5. The molecule has 0 aromatic heterocycles. The average molecular weight is 641 g/mol. The predicted octanol–water partition coefficient (Wildman–Crippen LogP) is 10.3. The highest BCUT2D eigenvalue weighted by Crippen LogP contribution is 2.60. The minimum atomic E-state index is -0.530. The molecule has 0 bridgehead atoms. The van der Waals surface area contributed by atoms with Gasteiger partial charge in [-0.1, -0.05) is 141 Å². The molecule has 0 amide bonds. The largest absolute Gasteiger partial charge is 0.453 e. The Hall–Kier alpha value is -6.00. The molecule has 0 saturated carbocycles. The number of benzene rings is 7. The van der Waals surface area contributed by atoms with E-state index in [2.05, 4.69) is 181 Å². The summed E-state index contributed by atoms with van der Waals surface area (Å²) in [5, 5.41) is 0. The van der Waals surface area contributed by atoms with Gasteiger partial charge in [-0.2, -0.15) is 0 Å². The van der Waals surface area contributed by atoms with Gasteiger partial charge in [-0.3, -0.25) is 0 Å². The number of hydrogen-bond donors (Lipinski definition) is 0. The van der Waals surface area contributed by atoms with Crippen molar-refractivity contribution in [3.63, 3.8) is 0 Å². The van der Waals surface area contributed by atoms with E-state index in [0.717, 1.165) is 22.9 Å². The molecule has 3 nitrogen and oxygen atoms in total. The Labute approximate surface area is 293 Å². The van der Waals surface area contributed by atoms with E-state index >= 15 is 0 Å². The summed E-state index contributed by atoms with van der Waals surface area (Å²) in [7, 11) is 0. The molecule has 0 fully saturated rings. The lowest BCUT2D eigenvalue weighted by Gasteiger charge is -2.52. The fourth-order valence-electron chi connectivity index (χ4n) is 9.43. The van der Waals surface area contributed by atoms with E-state index in [1.165, 1.54) is 66.9 Å². The molecule has 4 aliphatic heterocycles. The van der Waals surface area contributed by atoms with Gasteiger partial charge in [0.05, 0.1) is 22.5 Å². The van der Waals surface area contributed by atoms with Gasteiger partial charge in [-0.25, -0.2) is 0 Å². The lowest BCUT2D eigenvalue weighted by Crippen LogP contribution is -2.63. The van der Waals surface area contributed by atoms with E-state index in [1.54, 1.807) is 0 Å². The summed E-state index contributed by atoms with van der Waals surface area (Å²) >= 11 is 0. The van der Waals surface area contributed by atoms with Crippen LogP contribution < -0.4 is 25.4 Å². The summed E-state index contributed by atoms with van der Waals surface area (Å²) in [4.78, 5) is 5.18. The summed E-state index contributed by atoms with van der Waals surface area (Å²) in [6, 6.07) is 58.4. The van der Waals surface area contributed by atoms with Gasteiger partial charge in [-0.15, -0.1) is 0 Å². The number of fused-ring (bicyclic) bond motifs is 8. The van der Waals surface area contributed by atoms with Crippen molar-refractivity contribution in [2.45, 2.75) is 25.2 Å². The SMILES string of the molecule is CC(C)c1cc2c3c(c1)N1c4ccccc4C(c4ccccc4)(c4ccccc4)c4cccc(c41)B3N1c3ccccc3Oc3cccc-2c31. The predicted molar refractivity (Wildman–Crippen MR) is 206 cm³/mol. The van der Waals surface area contributed by atoms with Gasteiger partial charge in [0.25, 0.3) is 0 Å². The van der Waals surface area contributed by atoms with Crippen molar-refractivity contribution in [3.05, 3.63) is 186 Å². The monoisotopic (exact) mass is 640 g/mol. The Bertz CT molecular complexity index is 2490. The molecule has 7 aromatic rings. The minimum Gasteiger partial charge on any atom is -0.453 e. The zero-order chi connectivity index (χ0) is 33.1. The van der Waals surface area contributed by atoms with Crippen LogP contribution in [0.25, 0.3) is 11.1 Å². The number of nitrogens with zero attached hydrogens (tertiary/aromatic N) is 2. The van der Waals surface area contributed by atoms with Crippen molar-refractivity contribution in [1.82, 2.24) is 0 Å². The first-order valence-corrected chi connectivity index (χ1v) is 17.7. The van der Waals surface area contributed by atoms with Crippen molar-refractivity contribution in [2.24, 2.45) is 0 Å². The Morgan fingerprint density at radius 1 is 0.540 bits per heavy atom. The van der Waals surface area contributed by atoms with Crippen LogP contribution in [0.3, 0.4) is 0 Å². The molecule has 0 saturated heterocycles. The average Bonchev–Trinajstić information content (AvgIpc) is 3.17. The van der Waals surface area contributed by atoms with Crippen molar-refractivity contribution in [2.75, 3.05) is 9.71 Å². The van der Waals surface area contributed by atoms with Gasteiger partial charge in [0.1, 0.15) is 5.75 Å². The third-order valence-corrected chi connectivity index (χ3v) is 11.4. The maximum absolute atomic E-state index is 6.67. The molecule has 0 aliphatic carbocycles. The molecule has 0 unspecified atom stereocenters.